The van der Waals surface area contributed by atoms with E-state index < -0.39 is 0 Å². The van der Waals surface area contributed by atoms with Gasteiger partial charge in [-0.05, 0) is 36.5 Å². The van der Waals surface area contributed by atoms with Crippen molar-refractivity contribution >= 4 is 17.4 Å². The molecular weight excluding hydrogens is 244 g/mol. The zero-order chi connectivity index (χ0) is 13.0. The highest BCUT2D eigenvalue weighted by atomic mass is 35.5. The van der Waals surface area contributed by atoms with Crippen LogP contribution < -0.4 is 0 Å². The van der Waals surface area contributed by atoms with E-state index in [0.717, 1.165) is 29.3 Å². The van der Waals surface area contributed by atoms with E-state index in [9.17, 15) is 4.79 Å². The van der Waals surface area contributed by atoms with E-state index in [1.54, 1.807) is 0 Å². The van der Waals surface area contributed by atoms with Gasteiger partial charge in [0.25, 0.3) is 0 Å². The predicted octanol–water partition coefficient (Wildman–Crippen LogP) is 4.67. The van der Waals surface area contributed by atoms with Crippen LogP contribution in [0.1, 0.15) is 44.6 Å². The van der Waals surface area contributed by atoms with Crippen molar-refractivity contribution in [3.63, 3.8) is 0 Å². The maximum absolute atomic E-state index is 12.3. The van der Waals surface area contributed by atoms with Gasteiger partial charge in [-0.2, -0.15) is 0 Å². The van der Waals surface area contributed by atoms with E-state index in [4.69, 9.17) is 11.6 Å². The molecule has 1 aromatic carbocycles. The fourth-order valence-electron chi connectivity index (χ4n) is 2.95. The normalized spacial score (nSPS) is 23.9. The van der Waals surface area contributed by atoms with Crippen LogP contribution in [0.4, 0.5) is 0 Å². The molecule has 2 atom stereocenters. The highest BCUT2D eigenvalue weighted by Crippen LogP contribution is 2.32. The van der Waals surface area contributed by atoms with Gasteiger partial charge in [0.15, 0.2) is 0 Å². The van der Waals surface area contributed by atoms with Gasteiger partial charge >= 0.3 is 0 Å². The average molecular weight is 265 g/mol. The first-order chi connectivity index (χ1) is 8.69. The van der Waals surface area contributed by atoms with Crippen LogP contribution in [0.25, 0.3) is 0 Å². The third-order valence-corrected chi connectivity index (χ3v) is 4.32. The summed E-state index contributed by atoms with van der Waals surface area (Å²) in [5.41, 5.74) is 1.05. The van der Waals surface area contributed by atoms with Gasteiger partial charge in [0.05, 0.1) is 0 Å². The van der Waals surface area contributed by atoms with Crippen molar-refractivity contribution in [2.24, 2.45) is 11.8 Å². The molecule has 0 spiro atoms. The van der Waals surface area contributed by atoms with Gasteiger partial charge in [-0.25, -0.2) is 0 Å². The first-order valence-electron chi connectivity index (χ1n) is 6.96. The van der Waals surface area contributed by atoms with Crippen LogP contribution in [0.3, 0.4) is 0 Å². The molecular formula is C16H21ClO. The molecule has 0 aromatic heterocycles. The number of hydrogen-bond donors (Lipinski definition) is 0. The fourth-order valence-corrected chi connectivity index (χ4v) is 3.16. The zero-order valence-corrected chi connectivity index (χ0v) is 11.7. The topological polar surface area (TPSA) is 17.1 Å². The van der Waals surface area contributed by atoms with Gasteiger partial charge in [-0.3, -0.25) is 4.79 Å². The zero-order valence-electron chi connectivity index (χ0n) is 11.0. The van der Waals surface area contributed by atoms with Gasteiger partial charge in [-0.1, -0.05) is 49.9 Å². The summed E-state index contributed by atoms with van der Waals surface area (Å²) in [5, 5.41) is 0.718. The van der Waals surface area contributed by atoms with Gasteiger partial charge < -0.3 is 0 Å². The van der Waals surface area contributed by atoms with Gasteiger partial charge in [0.1, 0.15) is 5.78 Å². The Morgan fingerprint density at radius 2 is 2.22 bits per heavy atom. The van der Waals surface area contributed by atoms with E-state index in [0.29, 0.717) is 12.2 Å². The lowest BCUT2D eigenvalue weighted by Crippen LogP contribution is -2.24. The van der Waals surface area contributed by atoms with Gasteiger partial charge in [-0.15, -0.1) is 0 Å². The Hall–Kier alpha value is -0.820. The minimum Gasteiger partial charge on any atom is -0.299 e. The van der Waals surface area contributed by atoms with Crippen molar-refractivity contribution in [2.75, 3.05) is 0 Å². The van der Waals surface area contributed by atoms with Crippen molar-refractivity contribution < 1.29 is 4.79 Å². The van der Waals surface area contributed by atoms with Crippen molar-refractivity contribution in [2.45, 2.75) is 45.4 Å². The molecule has 1 aromatic rings. The second-order valence-electron chi connectivity index (χ2n) is 5.41. The molecule has 1 aliphatic carbocycles. The van der Waals surface area contributed by atoms with Crippen molar-refractivity contribution in [3.8, 4) is 0 Å². The molecule has 0 heterocycles. The lowest BCUT2D eigenvalue weighted by atomic mass is 9.77. The monoisotopic (exact) mass is 264 g/mol. The summed E-state index contributed by atoms with van der Waals surface area (Å²) in [6.45, 7) is 2.23. The van der Waals surface area contributed by atoms with Crippen molar-refractivity contribution in [1.82, 2.24) is 0 Å². The van der Waals surface area contributed by atoms with E-state index >= 15 is 0 Å². The smallest absolute Gasteiger partial charge is 0.140 e. The Bertz CT molecular complexity index is 413. The summed E-state index contributed by atoms with van der Waals surface area (Å²) >= 11 is 5.95. The van der Waals surface area contributed by atoms with E-state index in [2.05, 4.69) is 6.92 Å². The van der Waals surface area contributed by atoms with Crippen LogP contribution in [0.15, 0.2) is 24.3 Å². The molecule has 1 saturated carbocycles. The average Bonchev–Trinajstić information content (AvgIpc) is 2.39. The van der Waals surface area contributed by atoms with Crippen molar-refractivity contribution in [1.29, 1.82) is 0 Å². The summed E-state index contributed by atoms with van der Waals surface area (Å²) in [5.74, 6) is 1.44. The van der Waals surface area contributed by atoms with Gasteiger partial charge in [0, 0.05) is 17.4 Å². The van der Waals surface area contributed by atoms with Crippen LogP contribution in [0.5, 0.6) is 0 Å². The Morgan fingerprint density at radius 1 is 1.39 bits per heavy atom. The number of hydrogen-bond acceptors (Lipinski definition) is 1. The summed E-state index contributed by atoms with van der Waals surface area (Å²) < 4.78 is 0. The van der Waals surface area contributed by atoms with Crippen LogP contribution in [0.2, 0.25) is 5.02 Å². The third-order valence-electron chi connectivity index (χ3n) is 4.08. The molecule has 1 aliphatic rings. The molecule has 2 heteroatoms. The van der Waals surface area contributed by atoms with E-state index in [-0.39, 0.29) is 5.92 Å². The molecule has 1 fully saturated rings. The number of benzene rings is 1. The number of rotatable bonds is 4. The first-order valence-corrected chi connectivity index (χ1v) is 7.34. The lowest BCUT2D eigenvalue weighted by molar-refractivity contribution is -0.123. The lowest BCUT2D eigenvalue weighted by Gasteiger charge is -2.27. The maximum atomic E-state index is 12.3. The molecule has 0 N–H and O–H groups in total. The quantitative estimate of drug-likeness (QED) is 0.772. The van der Waals surface area contributed by atoms with Crippen LogP contribution in [-0.4, -0.2) is 5.78 Å². The van der Waals surface area contributed by atoms with Crippen LogP contribution in [0, 0.1) is 11.8 Å². The Kier molecular flexibility index (Phi) is 4.82. The molecule has 0 bridgehead atoms. The summed E-state index contributed by atoms with van der Waals surface area (Å²) in [4.78, 5) is 12.3. The van der Waals surface area contributed by atoms with E-state index in [1.165, 1.54) is 19.3 Å². The Morgan fingerprint density at radius 3 is 2.94 bits per heavy atom. The SMILES string of the molecule is CCC1CCCC(C(=O)Cc2cccc(Cl)c2)C1. The third kappa shape index (κ3) is 3.58. The minimum atomic E-state index is 0.280. The maximum Gasteiger partial charge on any atom is 0.140 e. The van der Waals surface area contributed by atoms with Crippen LogP contribution in [-0.2, 0) is 11.2 Å². The molecule has 0 aliphatic heterocycles. The second-order valence-corrected chi connectivity index (χ2v) is 5.85. The minimum absolute atomic E-state index is 0.280. The second kappa shape index (κ2) is 6.38. The van der Waals surface area contributed by atoms with Crippen LogP contribution >= 0.6 is 11.6 Å². The predicted molar refractivity (Wildman–Crippen MR) is 75.9 cm³/mol. The number of ketones is 1. The number of carbonyl (C=O) groups is 1. The summed E-state index contributed by atoms with van der Waals surface area (Å²) in [7, 11) is 0. The molecule has 18 heavy (non-hydrogen) atoms. The number of halogens is 1. The summed E-state index contributed by atoms with van der Waals surface area (Å²) in [6.07, 6.45) is 6.44. The molecule has 0 amide bonds. The molecule has 1 nitrogen and oxygen atoms in total. The molecule has 2 unspecified atom stereocenters. The largest absolute Gasteiger partial charge is 0.299 e. The number of Topliss-reactive ketones (excluding diaryl/α,β-unsaturated/α-hetero) is 1. The molecule has 0 saturated heterocycles. The highest BCUT2D eigenvalue weighted by molar-refractivity contribution is 6.30. The van der Waals surface area contributed by atoms with Gasteiger partial charge in [0.2, 0.25) is 0 Å². The van der Waals surface area contributed by atoms with E-state index in [1.807, 2.05) is 24.3 Å². The number of carbonyl (C=O) groups excluding carboxylic acids is 1. The van der Waals surface area contributed by atoms with Crippen molar-refractivity contribution in [3.05, 3.63) is 34.9 Å². The highest BCUT2D eigenvalue weighted by Gasteiger charge is 2.26. The first kappa shape index (κ1) is 13.6. The molecule has 2 rings (SSSR count). The molecule has 0 radical (unpaired) electrons. The standard InChI is InChI=1S/C16H21ClO/c1-2-12-5-3-7-14(9-12)16(18)11-13-6-4-8-15(17)10-13/h4,6,8,10,12,14H,2-3,5,7,9,11H2,1H3. The molecule has 98 valence electrons. The summed E-state index contributed by atoms with van der Waals surface area (Å²) in [6, 6.07) is 7.66. The Balaban J connectivity index is 1.95. The Labute approximate surface area is 115 Å². The fraction of sp³-hybridized carbons (Fsp3) is 0.562.